The molecule has 10 heteroatoms. The molecule has 2 N–H and O–H groups in total. The number of ether oxygens (including phenoxy) is 2. The zero-order valence-electron chi connectivity index (χ0n) is 20.4. The Morgan fingerprint density at radius 1 is 1.33 bits per heavy atom. The van der Waals surface area contributed by atoms with Crippen molar-refractivity contribution in [3.05, 3.63) is 35.5 Å². The molecule has 0 bridgehead atoms. The molecule has 0 saturated heterocycles. The summed E-state index contributed by atoms with van der Waals surface area (Å²) in [6, 6.07) is 4.20. The smallest absolute Gasteiger partial charge is 0.213 e. The Morgan fingerprint density at radius 3 is 2.88 bits per heavy atom. The number of hydrogen-bond donors (Lipinski definition) is 2. The fourth-order valence-electron chi connectivity index (χ4n) is 3.88. The molecule has 2 unspecified atom stereocenters. The van der Waals surface area contributed by atoms with Gasteiger partial charge >= 0.3 is 0 Å². The molecule has 1 aliphatic heterocycles. The lowest BCUT2D eigenvalue weighted by molar-refractivity contribution is 0.177. The molecule has 9 nitrogen and oxygen atoms in total. The number of guanidine groups is 1. The Bertz CT molecular complexity index is 887. The highest BCUT2D eigenvalue weighted by atomic mass is 127. The van der Waals surface area contributed by atoms with Crippen LogP contribution in [-0.2, 0) is 30.9 Å². The van der Waals surface area contributed by atoms with Crippen molar-refractivity contribution in [3.8, 4) is 5.88 Å². The first-order valence-corrected chi connectivity index (χ1v) is 11.5. The van der Waals surface area contributed by atoms with Crippen molar-refractivity contribution < 1.29 is 9.47 Å². The van der Waals surface area contributed by atoms with Crippen LogP contribution >= 0.6 is 24.0 Å². The topological polar surface area (TPSA) is 98.5 Å². The highest BCUT2D eigenvalue weighted by Crippen LogP contribution is 2.16. The molecule has 2 aromatic heterocycles. The Labute approximate surface area is 214 Å². The number of rotatable bonds is 10. The zero-order chi connectivity index (χ0) is 22.9. The van der Waals surface area contributed by atoms with Gasteiger partial charge in [0.1, 0.15) is 12.4 Å². The highest BCUT2D eigenvalue weighted by molar-refractivity contribution is 14.0. The van der Waals surface area contributed by atoms with Crippen molar-refractivity contribution >= 4 is 29.9 Å². The van der Waals surface area contributed by atoms with Gasteiger partial charge in [-0.25, -0.2) is 19.6 Å². The predicted molar refractivity (Wildman–Crippen MR) is 140 cm³/mol. The van der Waals surface area contributed by atoms with Gasteiger partial charge in [-0.2, -0.15) is 5.10 Å². The van der Waals surface area contributed by atoms with Crippen LogP contribution in [0, 0.1) is 5.92 Å². The minimum atomic E-state index is 0. The maximum absolute atomic E-state index is 5.98. The van der Waals surface area contributed by atoms with E-state index in [2.05, 4.69) is 53.4 Å². The molecule has 0 aliphatic carbocycles. The van der Waals surface area contributed by atoms with E-state index in [9.17, 15) is 0 Å². The molecule has 2 aromatic rings. The Hall–Kier alpha value is -1.95. The van der Waals surface area contributed by atoms with Gasteiger partial charge in [0.05, 0.1) is 19.2 Å². The van der Waals surface area contributed by atoms with Gasteiger partial charge in [0, 0.05) is 38.4 Å². The van der Waals surface area contributed by atoms with Crippen LogP contribution in [0.3, 0.4) is 0 Å². The number of pyridine rings is 1. The van der Waals surface area contributed by atoms with E-state index in [0.717, 1.165) is 55.5 Å². The predicted octanol–water partition coefficient (Wildman–Crippen LogP) is 3.32. The number of halogens is 1. The lowest BCUT2D eigenvalue weighted by Crippen LogP contribution is -2.47. The summed E-state index contributed by atoms with van der Waals surface area (Å²) >= 11 is 0. The van der Waals surface area contributed by atoms with E-state index >= 15 is 0 Å². The van der Waals surface area contributed by atoms with E-state index in [-0.39, 0.29) is 36.1 Å². The van der Waals surface area contributed by atoms with E-state index in [1.165, 1.54) is 0 Å². The summed E-state index contributed by atoms with van der Waals surface area (Å²) in [7, 11) is 1.66. The fourth-order valence-corrected chi connectivity index (χ4v) is 3.88. The Balaban J connectivity index is 0.00000385. The van der Waals surface area contributed by atoms with Crippen molar-refractivity contribution in [2.45, 2.75) is 78.8 Å². The van der Waals surface area contributed by atoms with Crippen LogP contribution in [0.5, 0.6) is 5.88 Å². The molecule has 1 aliphatic rings. The maximum atomic E-state index is 5.98. The molecule has 2 atom stereocenters. The molecule has 3 heterocycles. The van der Waals surface area contributed by atoms with Crippen molar-refractivity contribution in [1.29, 1.82) is 0 Å². The van der Waals surface area contributed by atoms with Crippen LogP contribution in [0.4, 0.5) is 0 Å². The van der Waals surface area contributed by atoms with Crippen molar-refractivity contribution in [1.82, 2.24) is 30.4 Å². The largest absolute Gasteiger partial charge is 0.475 e. The Morgan fingerprint density at radius 2 is 2.15 bits per heavy atom. The minimum absolute atomic E-state index is 0. The van der Waals surface area contributed by atoms with E-state index in [4.69, 9.17) is 14.5 Å². The number of methoxy groups -OCH3 is 1. The molecular weight excluding hydrogens is 533 g/mol. The molecule has 0 fully saturated rings. The van der Waals surface area contributed by atoms with Crippen LogP contribution in [0.2, 0.25) is 0 Å². The fraction of sp³-hybridized carbons (Fsp3) is 0.652. The Kier molecular flexibility index (Phi) is 11.3. The van der Waals surface area contributed by atoms with Crippen LogP contribution in [0.15, 0.2) is 23.3 Å². The quantitative estimate of drug-likeness (QED) is 0.257. The van der Waals surface area contributed by atoms with Crippen molar-refractivity contribution in [2.24, 2.45) is 10.9 Å². The normalized spacial score (nSPS) is 16.7. The number of nitrogens with one attached hydrogen (secondary N) is 2. The summed E-state index contributed by atoms with van der Waals surface area (Å²) in [5.74, 6) is 3.80. The monoisotopic (exact) mass is 571 g/mol. The summed E-state index contributed by atoms with van der Waals surface area (Å²) in [5.41, 5.74) is 1.07. The molecule has 0 radical (unpaired) electrons. The number of hydrogen-bond acceptors (Lipinski definition) is 6. The summed E-state index contributed by atoms with van der Waals surface area (Å²) in [6.07, 6.45) is 4.79. The second-order valence-corrected chi connectivity index (χ2v) is 8.69. The third-order valence-electron chi connectivity index (χ3n) is 5.20. The first-order chi connectivity index (χ1) is 15.5. The van der Waals surface area contributed by atoms with Gasteiger partial charge in [-0.15, -0.1) is 24.0 Å². The molecule has 0 amide bonds. The van der Waals surface area contributed by atoms with Crippen LogP contribution in [0.1, 0.15) is 57.7 Å². The molecule has 184 valence electrons. The molecule has 0 saturated carbocycles. The van der Waals surface area contributed by atoms with Gasteiger partial charge in [-0.05, 0) is 44.2 Å². The summed E-state index contributed by atoms with van der Waals surface area (Å²) < 4.78 is 13.1. The average molecular weight is 572 g/mol. The van der Waals surface area contributed by atoms with Gasteiger partial charge in [0.15, 0.2) is 11.8 Å². The van der Waals surface area contributed by atoms with E-state index in [1.54, 1.807) is 13.3 Å². The molecular formula is C23H38IN7O2. The average Bonchev–Trinajstić information content (AvgIpc) is 3.14. The number of nitrogens with zero attached hydrogens (tertiary/aromatic N) is 5. The van der Waals surface area contributed by atoms with E-state index in [1.807, 2.05) is 16.8 Å². The number of aromatic nitrogens is 4. The lowest BCUT2D eigenvalue weighted by Gasteiger charge is -2.25. The van der Waals surface area contributed by atoms with Crippen LogP contribution in [-0.4, -0.2) is 51.5 Å². The van der Waals surface area contributed by atoms with Gasteiger partial charge in [-0.1, -0.05) is 13.8 Å². The first kappa shape index (κ1) is 27.3. The second kappa shape index (κ2) is 13.7. The molecule has 33 heavy (non-hydrogen) atoms. The number of aliphatic imine (C=N–C) groups is 1. The SMILES string of the molecule is CCNC(=NCc1ccnc(OC(C)CC(C)C)c1)NC1CCc2nc(COC)nn2C1.I. The van der Waals surface area contributed by atoms with Gasteiger partial charge in [0.25, 0.3) is 0 Å². The first-order valence-electron chi connectivity index (χ1n) is 11.5. The van der Waals surface area contributed by atoms with Crippen molar-refractivity contribution in [3.63, 3.8) is 0 Å². The lowest BCUT2D eigenvalue weighted by atomic mass is 10.1. The maximum Gasteiger partial charge on any atom is 0.213 e. The zero-order valence-corrected chi connectivity index (χ0v) is 22.7. The van der Waals surface area contributed by atoms with Crippen molar-refractivity contribution in [2.75, 3.05) is 13.7 Å². The highest BCUT2D eigenvalue weighted by Gasteiger charge is 2.22. The summed E-state index contributed by atoms with van der Waals surface area (Å²) in [4.78, 5) is 13.7. The molecule has 0 spiro atoms. The molecule has 0 aromatic carbocycles. The number of aryl methyl sites for hydroxylation is 1. The third-order valence-corrected chi connectivity index (χ3v) is 5.20. The summed E-state index contributed by atoms with van der Waals surface area (Å²) in [5, 5.41) is 11.4. The van der Waals surface area contributed by atoms with E-state index < -0.39 is 0 Å². The standard InChI is InChI=1S/C23H37N7O2.HI/c1-6-24-23(27-19-7-8-21-28-20(15-31-5)29-30(21)14-19)26-13-18-9-10-25-22(12-18)32-17(4)11-16(2)3;/h9-10,12,16-17,19H,6-8,11,13-15H2,1-5H3,(H2,24,26,27);1H. The summed E-state index contributed by atoms with van der Waals surface area (Å²) in [6.45, 7) is 11.1. The number of fused-ring (bicyclic) bond motifs is 1. The second-order valence-electron chi connectivity index (χ2n) is 8.69. The van der Waals surface area contributed by atoms with Crippen LogP contribution in [0.25, 0.3) is 0 Å². The van der Waals surface area contributed by atoms with Gasteiger partial charge in [-0.3, -0.25) is 0 Å². The van der Waals surface area contributed by atoms with Gasteiger partial charge < -0.3 is 20.1 Å². The third kappa shape index (κ3) is 8.73. The minimum Gasteiger partial charge on any atom is -0.475 e. The van der Waals surface area contributed by atoms with Crippen LogP contribution < -0.4 is 15.4 Å². The van der Waals surface area contributed by atoms with E-state index in [0.29, 0.717) is 24.9 Å². The molecule has 3 rings (SSSR count). The van der Waals surface area contributed by atoms with Gasteiger partial charge in [0.2, 0.25) is 5.88 Å².